The van der Waals surface area contributed by atoms with E-state index in [1.165, 1.54) is 11.1 Å². The molecular formula is C20H21NO3. The van der Waals surface area contributed by atoms with E-state index < -0.39 is 0 Å². The third-order valence-electron chi connectivity index (χ3n) is 4.77. The van der Waals surface area contributed by atoms with Crippen molar-refractivity contribution in [2.45, 2.75) is 32.0 Å². The van der Waals surface area contributed by atoms with Gasteiger partial charge in [0.25, 0.3) is 0 Å². The predicted octanol–water partition coefficient (Wildman–Crippen LogP) is 3.57. The highest BCUT2D eigenvalue weighted by molar-refractivity contribution is 5.90. The van der Waals surface area contributed by atoms with Gasteiger partial charge in [0.15, 0.2) is 0 Å². The standard InChI is InChI=1S/C20H21NO3/c1-2-23-20(22)15-8-9-17-18-11-16(24-19(17)10-15)13-21(18)12-14-6-4-3-5-7-14/h3-10,16,18H,2,11-13H2,1H3/t16-,18-/m0/s1. The zero-order chi connectivity index (χ0) is 16.5. The number of ether oxygens (including phenoxy) is 2. The van der Waals surface area contributed by atoms with Gasteiger partial charge in [0.2, 0.25) is 0 Å². The van der Waals surface area contributed by atoms with Gasteiger partial charge in [0.05, 0.1) is 12.2 Å². The fourth-order valence-corrected chi connectivity index (χ4v) is 3.70. The number of likely N-dealkylation sites (tertiary alicyclic amines) is 1. The van der Waals surface area contributed by atoms with E-state index in [2.05, 4.69) is 29.2 Å². The van der Waals surface area contributed by atoms with Gasteiger partial charge in [-0.15, -0.1) is 0 Å². The average molecular weight is 323 g/mol. The summed E-state index contributed by atoms with van der Waals surface area (Å²) in [6.45, 7) is 4.04. The van der Waals surface area contributed by atoms with Crippen LogP contribution in [0.4, 0.5) is 0 Å². The van der Waals surface area contributed by atoms with Gasteiger partial charge in [0.1, 0.15) is 11.9 Å². The van der Waals surface area contributed by atoms with Crippen LogP contribution in [0.5, 0.6) is 5.75 Å². The van der Waals surface area contributed by atoms with Crippen LogP contribution in [-0.4, -0.2) is 30.1 Å². The lowest BCUT2D eigenvalue weighted by Gasteiger charge is -2.27. The molecule has 0 aromatic heterocycles. The predicted molar refractivity (Wildman–Crippen MR) is 91.0 cm³/mol. The second-order valence-corrected chi connectivity index (χ2v) is 6.38. The molecule has 0 aliphatic carbocycles. The van der Waals surface area contributed by atoms with Crippen LogP contribution >= 0.6 is 0 Å². The van der Waals surface area contributed by atoms with E-state index >= 15 is 0 Å². The number of esters is 1. The molecule has 0 spiro atoms. The van der Waals surface area contributed by atoms with Crippen LogP contribution < -0.4 is 4.74 Å². The van der Waals surface area contributed by atoms with E-state index in [9.17, 15) is 4.79 Å². The topological polar surface area (TPSA) is 38.8 Å². The van der Waals surface area contributed by atoms with Crippen LogP contribution in [0.25, 0.3) is 0 Å². The third-order valence-corrected chi connectivity index (χ3v) is 4.77. The van der Waals surface area contributed by atoms with Gasteiger partial charge in [-0.05, 0) is 24.6 Å². The minimum Gasteiger partial charge on any atom is -0.489 e. The minimum absolute atomic E-state index is 0.198. The Morgan fingerprint density at radius 3 is 2.88 bits per heavy atom. The molecule has 2 heterocycles. The van der Waals surface area contributed by atoms with Gasteiger partial charge in [0, 0.05) is 31.1 Å². The molecule has 2 aliphatic rings. The lowest BCUT2D eigenvalue weighted by Crippen LogP contribution is -2.23. The molecule has 0 unspecified atom stereocenters. The number of benzene rings is 2. The number of rotatable bonds is 4. The molecule has 0 saturated carbocycles. The lowest BCUT2D eigenvalue weighted by molar-refractivity contribution is 0.0525. The highest BCUT2D eigenvalue weighted by Gasteiger charge is 2.40. The molecule has 124 valence electrons. The summed E-state index contributed by atoms with van der Waals surface area (Å²) in [6, 6.07) is 16.6. The molecule has 4 rings (SSSR count). The largest absolute Gasteiger partial charge is 0.489 e. The van der Waals surface area contributed by atoms with Crippen molar-refractivity contribution >= 4 is 5.97 Å². The molecule has 0 N–H and O–H groups in total. The first-order valence-corrected chi connectivity index (χ1v) is 8.50. The van der Waals surface area contributed by atoms with Gasteiger partial charge in [-0.1, -0.05) is 36.4 Å². The molecule has 24 heavy (non-hydrogen) atoms. The molecule has 4 nitrogen and oxygen atoms in total. The number of carbonyl (C=O) groups is 1. The quantitative estimate of drug-likeness (QED) is 0.806. The average Bonchev–Trinajstić information content (AvgIpc) is 2.92. The molecule has 1 fully saturated rings. The summed E-state index contributed by atoms with van der Waals surface area (Å²) < 4.78 is 11.2. The fraction of sp³-hybridized carbons (Fsp3) is 0.350. The van der Waals surface area contributed by atoms with Crippen LogP contribution in [-0.2, 0) is 11.3 Å². The summed E-state index contributed by atoms with van der Waals surface area (Å²) in [4.78, 5) is 14.4. The lowest BCUT2D eigenvalue weighted by atomic mass is 9.98. The fourth-order valence-electron chi connectivity index (χ4n) is 3.70. The number of hydrogen-bond donors (Lipinski definition) is 0. The molecule has 2 bridgehead atoms. The first-order chi connectivity index (χ1) is 11.7. The van der Waals surface area contributed by atoms with E-state index in [4.69, 9.17) is 9.47 Å². The number of hydrogen-bond acceptors (Lipinski definition) is 4. The molecule has 4 heteroatoms. The summed E-state index contributed by atoms with van der Waals surface area (Å²) >= 11 is 0. The minimum atomic E-state index is -0.289. The molecular weight excluding hydrogens is 302 g/mol. The maximum Gasteiger partial charge on any atom is 0.338 e. The van der Waals surface area contributed by atoms with Gasteiger partial charge in [-0.2, -0.15) is 0 Å². The van der Waals surface area contributed by atoms with E-state index in [1.54, 1.807) is 0 Å². The first kappa shape index (κ1) is 15.2. The molecule has 2 atom stereocenters. The summed E-state index contributed by atoms with van der Waals surface area (Å²) in [7, 11) is 0. The highest BCUT2D eigenvalue weighted by Crippen LogP contribution is 2.44. The second-order valence-electron chi connectivity index (χ2n) is 6.38. The van der Waals surface area contributed by atoms with Crippen LogP contribution in [0.3, 0.4) is 0 Å². The molecule has 2 aromatic carbocycles. The molecule has 0 radical (unpaired) electrons. The third kappa shape index (κ3) is 2.78. The summed E-state index contributed by atoms with van der Waals surface area (Å²) in [5, 5.41) is 0. The van der Waals surface area contributed by atoms with Crippen LogP contribution in [0.2, 0.25) is 0 Å². The summed E-state index contributed by atoms with van der Waals surface area (Å²) in [5.41, 5.74) is 3.05. The number of nitrogens with zero attached hydrogens (tertiary/aromatic N) is 1. The smallest absolute Gasteiger partial charge is 0.338 e. The Morgan fingerprint density at radius 1 is 1.25 bits per heavy atom. The normalized spacial score (nSPS) is 21.9. The van der Waals surface area contributed by atoms with Crippen molar-refractivity contribution < 1.29 is 14.3 Å². The van der Waals surface area contributed by atoms with Crippen molar-refractivity contribution in [1.29, 1.82) is 0 Å². The van der Waals surface area contributed by atoms with Crippen LogP contribution in [0.15, 0.2) is 48.5 Å². The number of carbonyl (C=O) groups excluding carboxylic acids is 1. The van der Waals surface area contributed by atoms with Gasteiger partial charge >= 0.3 is 5.97 Å². The highest BCUT2D eigenvalue weighted by atomic mass is 16.5. The Hall–Kier alpha value is -2.33. The van der Waals surface area contributed by atoms with Gasteiger partial charge in [-0.3, -0.25) is 4.90 Å². The molecule has 2 aliphatic heterocycles. The molecule has 0 amide bonds. The van der Waals surface area contributed by atoms with Crippen molar-refractivity contribution in [1.82, 2.24) is 4.90 Å². The second kappa shape index (κ2) is 6.29. The zero-order valence-electron chi connectivity index (χ0n) is 13.8. The zero-order valence-corrected chi connectivity index (χ0v) is 13.8. The maximum absolute atomic E-state index is 11.9. The van der Waals surface area contributed by atoms with Gasteiger partial charge < -0.3 is 9.47 Å². The monoisotopic (exact) mass is 323 g/mol. The summed E-state index contributed by atoms with van der Waals surface area (Å²) in [5.74, 6) is 0.542. The maximum atomic E-state index is 11.9. The molecule has 1 saturated heterocycles. The van der Waals surface area contributed by atoms with Crippen molar-refractivity contribution in [3.8, 4) is 5.75 Å². The van der Waals surface area contributed by atoms with Crippen molar-refractivity contribution in [3.63, 3.8) is 0 Å². The SMILES string of the molecule is CCOC(=O)c1ccc2c(c1)O[C@H]1C[C@@H]2N(Cc2ccccc2)C1. The molecule has 2 aromatic rings. The van der Waals surface area contributed by atoms with E-state index in [0.717, 1.165) is 25.3 Å². The van der Waals surface area contributed by atoms with Crippen LogP contribution in [0, 0.1) is 0 Å². The number of fused-ring (bicyclic) bond motifs is 4. The summed E-state index contributed by atoms with van der Waals surface area (Å²) in [6.07, 6.45) is 1.21. The van der Waals surface area contributed by atoms with Crippen molar-refractivity contribution in [2.75, 3.05) is 13.2 Å². The Labute approximate surface area is 142 Å². The van der Waals surface area contributed by atoms with E-state index in [0.29, 0.717) is 18.2 Å². The van der Waals surface area contributed by atoms with Crippen LogP contribution in [0.1, 0.15) is 40.9 Å². The Morgan fingerprint density at radius 2 is 2.08 bits per heavy atom. The van der Waals surface area contributed by atoms with Crippen molar-refractivity contribution in [3.05, 3.63) is 65.2 Å². The van der Waals surface area contributed by atoms with Gasteiger partial charge in [-0.25, -0.2) is 4.79 Å². The van der Waals surface area contributed by atoms with E-state index in [-0.39, 0.29) is 12.1 Å². The Bertz CT molecular complexity index is 744. The Balaban J connectivity index is 1.58. The Kier molecular flexibility index (Phi) is 3.98. The van der Waals surface area contributed by atoms with Crippen molar-refractivity contribution in [2.24, 2.45) is 0 Å². The first-order valence-electron chi connectivity index (χ1n) is 8.50. The van der Waals surface area contributed by atoms with E-state index in [1.807, 2.05) is 31.2 Å².